The molecule has 0 spiro atoms. The lowest BCUT2D eigenvalue weighted by Gasteiger charge is -2.13. The van der Waals surface area contributed by atoms with Crippen molar-refractivity contribution in [3.8, 4) is 5.75 Å². The van der Waals surface area contributed by atoms with Gasteiger partial charge in [0.15, 0.2) is 0 Å². The maximum absolute atomic E-state index is 11.6. The minimum Gasteiger partial charge on any atom is -0.493 e. The molecule has 3 N–H and O–H groups in total. The van der Waals surface area contributed by atoms with Gasteiger partial charge in [0.25, 0.3) is 0 Å². The van der Waals surface area contributed by atoms with E-state index < -0.39 is 23.9 Å². The average molecular weight is 309 g/mol. The molecule has 120 valence electrons. The number of benzene rings is 1. The molecule has 0 radical (unpaired) electrons. The lowest BCUT2D eigenvalue weighted by molar-refractivity contribution is -0.143. The zero-order chi connectivity index (χ0) is 16.5. The monoisotopic (exact) mass is 309 g/mol. The van der Waals surface area contributed by atoms with E-state index in [0.717, 1.165) is 5.56 Å². The maximum atomic E-state index is 11.6. The first kappa shape index (κ1) is 17.5. The lowest BCUT2D eigenvalue weighted by Crippen LogP contribution is -2.41. The van der Waals surface area contributed by atoms with Gasteiger partial charge in [-0.05, 0) is 25.5 Å². The van der Waals surface area contributed by atoms with Crippen LogP contribution in [0.4, 0.5) is 0 Å². The van der Waals surface area contributed by atoms with Crippen LogP contribution in [-0.4, -0.2) is 40.7 Å². The Morgan fingerprint density at radius 1 is 1.14 bits per heavy atom. The van der Waals surface area contributed by atoms with Crippen LogP contribution in [0, 0.1) is 6.92 Å². The van der Waals surface area contributed by atoms with Crippen LogP contribution in [0.3, 0.4) is 0 Å². The molecule has 1 unspecified atom stereocenters. The number of aryl methyl sites for hydroxylation is 1. The van der Waals surface area contributed by atoms with Gasteiger partial charge in [-0.3, -0.25) is 9.59 Å². The van der Waals surface area contributed by atoms with Gasteiger partial charge in [-0.15, -0.1) is 0 Å². The molecule has 7 nitrogen and oxygen atoms in total. The van der Waals surface area contributed by atoms with E-state index in [0.29, 0.717) is 5.75 Å². The Bertz CT molecular complexity index is 525. The molecule has 0 aromatic heterocycles. The fraction of sp³-hybridized carbons (Fsp3) is 0.400. The van der Waals surface area contributed by atoms with Gasteiger partial charge in [-0.2, -0.15) is 0 Å². The molecule has 1 aromatic rings. The first-order valence-electron chi connectivity index (χ1n) is 6.82. The molecule has 0 saturated carbocycles. The number of amides is 1. The summed E-state index contributed by atoms with van der Waals surface area (Å²) in [6, 6.07) is 6.10. The Labute approximate surface area is 127 Å². The first-order chi connectivity index (χ1) is 10.4. The predicted molar refractivity (Wildman–Crippen MR) is 77.7 cm³/mol. The van der Waals surface area contributed by atoms with Crippen LogP contribution in [0.2, 0.25) is 0 Å². The summed E-state index contributed by atoms with van der Waals surface area (Å²) in [4.78, 5) is 33.0. The van der Waals surface area contributed by atoms with Crippen molar-refractivity contribution >= 4 is 17.8 Å². The zero-order valence-electron chi connectivity index (χ0n) is 12.2. The number of aliphatic carboxylic acids is 2. The van der Waals surface area contributed by atoms with Crippen LogP contribution in [0.1, 0.15) is 24.8 Å². The summed E-state index contributed by atoms with van der Waals surface area (Å²) < 4.78 is 5.37. The second-order valence-electron chi connectivity index (χ2n) is 4.80. The van der Waals surface area contributed by atoms with Gasteiger partial charge in [0.2, 0.25) is 5.91 Å². The number of carbonyl (C=O) groups is 3. The number of carboxylic acids is 2. The van der Waals surface area contributed by atoms with Crippen molar-refractivity contribution in [2.45, 2.75) is 32.2 Å². The summed E-state index contributed by atoms with van der Waals surface area (Å²) in [5.41, 5.74) is 1.09. The highest BCUT2D eigenvalue weighted by Crippen LogP contribution is 2.11. The van der Waals surface area contributed by atoms with E-state index in [1.165, 1.54) is 0 Å². The third-order valence-corrected chi connectivity index (χ3v) is 2.90. The zero-order valence-corrected chi connectivity index (χ0v) is 12.2. The average Bonchev–Trinajstić information content (AvgIpc) is 2.45. The molecular weight excluding hydrogens is 290 g/mol. The second-order valence-corrected chi connectivity index (χ2v) is 4.80. The maximum Gasteiger partial charge on any atom is 0.326 e. The molecule has 0 fully saturated rings. The third kappa shape index (κ3) is 6.74. The van der Waals surface area contributed by atoms with E-state index in [-0.39, 0.29) is 25.9 Å². The van der Waals surface area contributed by atoms with E-state index in [1.54, 1.807) is 12.1 Å². The third-order valence-electron chi connectivity index (χ3n) is 2.90. The van der Waals surface area contributed by atoms with Crippen LogP contribution in [0.25, 0.3) is 0 Å². The number of ether oxygens (including phenoxy) is 1. The summed E-state index contributed by atoms with van der Waals surface area (Å²) in [7, 11) is 0. The summed E-state index contributed by atoms with van der Waals surface area (Å²) in [6.45, 7) is 2.06. The quantitative estimate of drug-likeness (QED) is 0.631. The van der Waals surface area contributed by atoms with Gasteiger partial charge < -0.3 is 20.3 Å². The van der Waals surface area contributed by atoms with Gasteiger partial charge in [0, 0.05) is 6.42 Å². The molecule has 0 aliphatic carbocycles. The van der Waals surface area contributed by atoms with Crippen LogP contribution in [-0.2, 0) is 14.4 Å². The van der Waals surface area contributed by atoms with Crippen molar-refractivity contribution in [2.24, 2.45) is 0 Å². The van der Waals surface area contributed by atoms with Gasteiger partial charge in [-0.25, -0.2) is 4.79 Å². The molecule has 0 saturated heterocycles. The number of carbonyl (C=O) groups excluding carboxylic acids is 1. The van der Waals surface area contributed by atoms with Crippen molar-refractivity contribution < 1.29 is 29.3 Å². The van der Waals surface area contributed by atoms with E-state index in [2.05, 4.69) is 5.32 Å². The molecule has 7 heteroatoms. The molecule has 0 bridgehead atoms. The minimum absolute atomic E-state index is 0.00920. The van der Waals surface area contributed by atoms with Gasteiger partial charge in [-0.1, -0.05) is 17.7 Å². The summed E-state index contributed by atoms with van der Waals surface area (Å²) in [6.07, 6.45) is -0.489. The number of nitrogens with one attached hydrogen (secondary N) is 1. The number of carboxylic acid groups (broad SMARTS) is 2. The predicted octanol–water partition coefficient (Wildman–Crippen LogP) is 1.20. The Kier molecular flexibility index (Phi) is 6.88. The van der Waals surface area contributed by atoms with E-state index >= 15 is 0 Å². The second kappa shape index (κ2) is 8.66. The lowest BCUT2D eigenvalue weighted by atomic mass is 10.1. The standard InChI is InChI=1S/C15H19NO6/c1-10-2-4-11(5-3-10)22-9-8-13(17)16-12(15(20)21)6-7-14(18)19/h2-5,12H,6-9H2,1H3,(H,16,17)(H,18,19)(H,20,21). The highest BCUT2D eigenvalue weighted by Gasteiger charge is 2.20. The van der Waals surface area contributed by atoms with Crippen molar-refractivity contribution in [2.75, 3.05) is 6.61 Å². The normalized spacial score (nSPS) is 11.5. The molecular formula is C15H19NO6. The highest BCUT2D eigenvalue weighted by molar-refractivity contribution is 5.84. The van der Waals surface area contributed by atoms with E-state index in [9.17, 15) is 14.4 Å². The smallest absolute Gasteiger partial charge is 0.326 e. The fourth-order valence-corrected chi connectivity index (χ4v) is 1.69. The largest absolute Gasteiger partial charge is 0.493 e. The molecule has 0 aliphatic rings. The number of rotatable bonds is 9. The summed E-state index contributed by atoms with van der Waals surface area (Å²) in [5, 5.41) is 19.8. The number of hydrogen-bond acceptors (Lipinski definition) is 4. The molecule has 1 amide bonds. The number of hydrogen-bond donors (Lipinski definition) is 3. The van der Waals surface area contributed by atoms with Crippen molar-refractivity contribution in [3.05, 3.63) is 29.8 Å². The Hall–Kier alpha value is -2.57. The Balaban J connectivity index is 2.35. The van der Waals surface area contributed by atoms with Crippen molar-refractivity contribution in [1.29, 1.82) is 0 Å². The molecule has 0 heterocycles. The van der Waals surface area contributed by atoms with Crippen molar-refractivity contribution in [1.82, 2.24) is 5.32 Å². The van der Waals surface area contributed by atoms with Crippen LogP contribution in [0.15, 0.2) is 24.3 Å². The van der Waals surface area contributed by atoms with E-state index in [1.807, 2.05) is 19.1 Å². The molecule has 1 rings (SSSR count). The molecule has 1 aromatic carbocycles. The van der Waals surface area contributed by atoms with Gasteiger partial charge in [0.1, 0.15) is 11.8 Å². The van der Waals surface area contributed by atoms with Gasteiger partial charge >= 0.3 is 11.9 Å². The highest BCUT2D eigenvalue weighted by atomic mass is 16.5. The summed E-state index contributed by atoms with van der Waals surface area (Å²) in [5.74, 6) is -2.23. The van der Waals surface area contributed by atoms with E-state index in [4.69, 9.17) is 14.9 Å². The SMILES string of the molecule is Cc1ccc(OCCC(=O)NC(CCC(=O)O)C(=O)O)cc1. The summed E-state index contributed by atoms with van der Waals surface area (Å²) >= 11 is 0. The molecule has 22 heavy (non-hydrogen) atoms. The Morgan fingerprint density at radius 2 is 1.77 bits per heavy atom. The topological polar surface area (TPSA) is 113 Å². The van der Waals surface area contributed by atoms with Crippen molar-refractivity contribution in [3.63, 3.8) is 0 Å². The van der Waals surface area contributed by atoms with Crippen LogP contribution in [0.5, 0.6) is 5.75 Å². The van der Waals surface area contributed by atoms with Crippen LogP contribution >= 0.6 is 0 Å². The first-order valence-corrected chi connectivity index (χ1v) is 6.82. The van der Waals surface area contributed by atoms with Gasteiger partial charge in [0.05, 0.1) is 13.0 Å². The fourth-order valence-electron chi connectivity index (χ4n) is 1.69. The minimum atomic E-state index is -1.26. The van der Waals surface area contributed by atoms with Crippen LogP contribution < -0.4 is 10.1 Å². The molecule has 1 atom stereocenters. The Morgan fingerprint density at radius 3 is 2.32 bits per heavy atom. The molecule has 0 aliphatic heterocycles.